The average molecular weight is 303 g/mol. The fourth-order valence-corrected chi connectivity index (χ4v) is 2.38. The average Bonchev–Trinajstić information content (AvgIpc) is 2.46. The minimum Gasteiger partial charge on any atom is -0.399 e. The maximum atomic E-state index is 12.0. The Morgan fingerprint density at radius 3 is 2.71 bits per heavy atom. The van der Waals surface area contributed by atoms with Crippen LogP contribution in [0.2, 0.25) is 5.02 Å². The van der Waals surface area contributed by atoms with Gasteiger partial charge in [-0.25, -0.2) is 0 Å². The first-order chi connectivity index (χ1) is 10.1. The van der Waals surface area contributed by atoms with Gasteiger partial charge in [0, 0.05) is 17.1 Å². The summed E-state index contributed by atoms with van der Waals surface area (Å²) in [6, 6.07) is 15.1. The van der Waals surface area contributed by atoms with Gasteiger partial charge in [0.05, 0.1) is 6.04 Å². The molecule has 2 rings (SSSR count). The Balaban J connectivity index is 1.89. The van der Waals surface area contributed by atoms with E-state index in [0.717, 1.165) is 16.8 Å². The first kappa shape index (κ1) is 15.4. The number of halogens is 1. The van der Waals surface area contributed by atoms with E-state index in [1.165, 1.54) is 0 Å². The third kappa shape index (κ3) is 4.50. The molecule has 0 heterocycles. The summed E-state index contributed by atoms with van der Waals surface area (Å²) < 4.78 is 0. The van der Waals surface area contributed by atoms with E-state index in [0.29, 0.717) is 17.9 Å². The molecule has 110 valence electrons. The van der Waals surface area contributed by atoms with Gasteiger partial charge in [0.15, 0.2) is 0 Å². The van der Waals surface area contributed by atoms with Gasteiger partial charge in [0.1, 0.15) is 0 Å². The van der Waals surface area contributed by atoms with Gasteiger partial charge in [0.2, 0.25) is 5.91 Å². The molecular weight excluding hydrogens is 284 g/mol. The van der Waals surface area contributed by atoms with Gasteiger partial charge in [0.25, 0.3) is 0 Å². The van der Waals surface area contributed by atoms with Crippen molar-refractivity contribution in [2.24, 2.45) is 0 Å². The molecule has 4 heteroatoms. The summed E-state index contributed by atoms with van der Waals surface area (Å²) >= 11 is 5.96. The van der Waals surface area contributed by atoms with Crippen molar-refractivity contribution < 1.29 is 4.79 Å². The number of nitrogens with one attached hydrogen (secondary N) is 1. The van der Waals surface area contributed by atoms with Crippen LogP contribution >= 0.6 is 11.6 Å². The Morgan fingerprint density at radius 1 is 1.24 bits per heavy atom. The molecule has 0 spiro atoms. The Labute approximate surface area is 130 Å². The second-order valence-electron chi connectivity index (χ2n) is 5.04. The summed E-state index contributed by atoms with van der Waals surface area (Å²) in [5.74, 6) is 0.00530. The highest BCUT2D eigenvalue weighted by Gasteiger charge is 2.10. The molecule has 0 aromatic heterocycles. The quantitative estimate of drug-likeness (QED) is 0.827. The summed E-state index contributed by atoms with van der Waals surface area (Å²) in [5, 5.41) is 3.65. The topological polar surface area (TPSA) is 55.1 Å². The highest BCUT2D eigenvalue weighted by Crippen LogP contribution is 2.18. The van der Waals surface area contributed by atoms with Crippen LogP contribution in [0, 0.1) is 0 Å². The molecule has 0 unspecified atom stereocenters. The van der Waals surface area contributed by atoms with E-state index in [9.17, 15) is 4.79 Å². The number of nitrogens with two attached hydrogens (primary N) is 1. The smallest absolute Gasteiger partial charge is 0.220 e. The molecule has 0 saturated heterocycles. The summed E-state index contributed by atoms with van der Waals surface area (Å²) in [6.45, 7) is 1.94. The number of rotatable bonds is 5. The number of aryl methyl sites for hydroxylation is 1. The Hall–Kier alpha value is -2.00. The second-order valence-corrected chi connectivity index (χ2v) is 5.48. The predicted octanol–water partition coefficient (Wildman–Crippen LogP) is 3.73. The van der Waals surface area contributed by atoms with Crippen molar-refractivity contribution in [2.45, 2.75) is 25.8 Å². The van der Waals surface area contributed by atoms with Crippen molar-refractivity contribution in [1.29, 1.82) is 0 Å². The van der Waals surface area contributed by atoms with E-state index < -0.39 is 0 Å². The van der Waals surface area contributed by atoms with Crippen LogP contribution in [0.5, 0.6) is 0 Å². The molecule has 0 saturated carbocycles. The number of para-hydroxylation sites is 1. The molecule has 0 fully saturated rings. The maximum absolute atomic E-state index is 12.0. The number of nitrogen functional groups attached to an aromatic ring is 1. The lowest BCUT2D eigenvalue weighted by Gasteiger charge is -2.15. The highest BCUT2D eigenvalue weighted by molar-refractivity contribution is 6.30. The molecule has 1 atom stereocenters. The molecular formula is C17H19ClN2O. The third-order valence-corrected chi connectivity index (χ3v) is 3.64. The minimum atomic E-state index is -0.0654. The van der Waals surface area contributed by atoms with Gasteiger partial charge in [-0.05, 0) is 42.7 Å². The Kier molecular flexibility index (Phi) is 5.23. The Bertz CT molecular complexity index is 628. The fourth-order valence-electron chi connectivity index (χ4n) is 2.18. The van der Waals surface area contributed by atoms with Crippen molar-refractivity contribution in [3.05, 3.63) is 64.7 Å². The fraction of sp³-hybridized carbons (Fsp3) is 0.235. The van der Waals surface area contributed by atoms with E-state index in [1.54, 1.807) is 0 Å². The molecule has 2 aromatic rings. The van der Waals surface area contributed by atoms with Gasteiger partial charge >= 0.3 is 0 Å². The van der Waals surface area contributed by atoms with E-state index in [1.807, 2.05) is 55.5 Å². The molecule has 0 bridgehead atoms. The van der Waals surface area contributed by atoms with E-state index in [4.69, 9.17) is 17.3 Å². The van der Waals surface area contributed by atoms with Crippen molar-refractivity contribution in [3.63, 3.8) is 0 Å². The second kappa shape index (κ2) is 7.14. The van der Waals surface area contributed by atoms with Gasteiger partial charge in [-0.3, -0.25) is 4.79 Å². The number of hydrogen-bond donors (Lipinski definition) is 2. The number of carbonyl (C=O) groups excluding carboxylic acids is 1. The van der Waals surface area contributed by atoms with Gasteiger partial charge in [-0.1, -0.05) is 41.9 Å². The number of hydrogen-bond acceptors (Lipinski definition) is 2. The molecule has 3 N–H and O–H groups in total. The van der Waals surface area contributed by atoms with Gasteiger partial charge in [-0.15, -0.1) is 0 Å². The zero-order chi connectivity index (χ0) is 15.2. The van der Waals surface area contributed by atoms with Crippen molar-refractivity contribution in [1.82, 2.24) is 5.32 Å². The lowest BCUT2D eigenvalue weighted by molar-refractivity contribution is -0.121. The van der Waals surface area contributed by atoms with Gasteiger partial charge < -0.3 is 11.1 Å². The molecule has 1 amide bonds. The van der Waals surface area contributed by atoms with Crippen LogP contribution in [-0.4, -0.2) is 5.91 Å². The molecule has 21 heavy (non-hydrogen) atoms. The zero-order valence-corrected chi connectivity index (χ0v) is 12.7. The summed E-state index contributed by atoms with van der Waals surface area (Å²) in [4.78, 5) is 12.0. The largest absolute Gasteiger partial charge is 0.399 e. The normalized spacial score (nSPS) is 11.9. The molecule has 3 nitrogen and oxygen atoms in total. The van der Waals surface area contributed by atoms with Crippen LogP contribution in [0.1, 0.15) is 30.5 Å². The number of amides is 1. The summed E-state index contributed by atoms with van der Waals surface area (Å²) in [5.41, 5.74) is 8.60. The predicted molar refractivity (Wildman–Crippen MR) is 87.2 cm³/mol. The zero-order valence-electron chi connectivity index (χ0n) is 12.0. The van der Waals surface area contributed by atoms with Crippen LogP contribution in [-0.2, 0) is 11.2 Å². The van der Waals surface area contributed by atoms with E-state index in [-0.39, 0.29) is 11.9 Å². The molecule has 2 aromatic carbocycles. The minimum absolute atomic E-state index is 0.00530. The standard InChI is InChI=1S/C17H19ClN2O/c1-12(14-6-4-7-15(18)11-14)20-17(21)10-9-13-5-2-3-8-16(13)19/h2-8,11-12H,9-10,19H2,1H3,(H,20,21)/t12-/m0/s1. The monoisotopic (exact) mass is 302 g/mol. The van der Waals surface area contributed by atoms with Crippen molar-refractivity contribution in [3.8, 4) is 0 Å². The van der Waals surface area contributed by atoms with Crippen LogP contribution < -0.4 is 11.1 Å². The van der Waals surface area contributed by atoms with Crippen molar-refractivity contribution in [2.75, 3.05) is 5.73 Å². The summed E-state index contributed by atoms with van der Waals surface area (Å²) in [6.07, 6.45) is 1.06. The van der Waals surface area contributed by atoms with Crippen molar-refractivity contribution >= 4 is 23.2 Å². The molecule has 0 aliphatic heterocycles. The highest BCUT2D eigenvalue weighted by atomic mass is 35.5. The first-order valence-electron chi connectivity index (χ1n) is 6.94. The van der Waals surface area contributed by atoms with Crippen LogP contribution in [0.3, 0.4) is 0 Å². The van der Waals surface area contributed by atoms with Gasteiger partial charge in [-0.2, -0.15) is 0 Å². The SMILES string of the molecule is C[C@H](NC(=O)CCc1ccccc1N)c1cccc(Cl)c1. The Morgan fingerprint density at radius 2 is 2.00 bits per heavy atom. The maximum Gasteiger partial charge on any atom is 0.220 e. The lowest BCUT2D eigenvalue weighted by atomic mass is 10.1. The number of benzene rings is 2. The molecule has 0 aliphatic rings. The van der Waals surface area contributed by atoms with Crippen LogP contribution in [0.15, 0.2) is 48.5 Å². The first-order valence-corrected chi connectivity index (χ1v) is 7.32. The van der Waals surface area contributed by atoms with Crippen LogP contribution in [0.25, 0.3) is 0 Å². The molecule has 0 radical (unpaired) electrons. The third-order valence-electron chi connectivity index (χ3n) is 3.40. The molecule has 0 aliphatic carbocycles. The summed E-state index contributed by atoms with van der Waals surface area (Å²) in [7, 11) is 0. The number of carbonyl (C=O) groups is 1. The van der Waals surface area contributed by atoms with E-state index in [2.05, 4.69) is 5.32 Å². The number of anilines is 1. The van der Waals surface area contributed by atoms with E-state index >= 15 is 0 Å². The van der Waals surface area contributed by atoms with Crippen LogP contribution in [0.4, 0.5) is 5.69 Å². The lowest BCUT2D eigenvalue weighted by Crippen LogP contribution is -2.26.